The summed E-state index contributed by atoms with van der Waals surface area (Å²) in [6, 6.07) is 5.17. The maximum absolute atomic E-state index is 3.29. The molecule has 0 saturated carbocycles. The van der Waals surface area contributed by atoms with Crippen molar-refractivity contribution in [2.75, 3.05) is 7.05 Å². The van der Waals surface area contributed by atoms with E-state index in [1.54, 1.807) is 0 Å². The monoisotopic (exact) mass is 205 g/mol. The number of nitrogens with one attached hydrogen (secondary N) is 1. The molecule has 0 aliphatic carbocycles. The molecule has 0 aliphatic heterocycles. The topological polar surface area (TPSA) is 12.0 Å². The highest BCUT2D eigenvalue weighted by atomic mass is 14.8. The second-order valence-electron chi connectivity index (χ2n) is 4.61. The summed E-state index contributed by atoms with van der Waals surface area (Å²) in [6.07, 6.45) is 2.39. The predicted octanol–water partition coefficient (Wildman–Crippen LogP) is 3.15. The Morgan fingerprint density at radius 1 is 1.13 bits per heavy atom. The molecule has 1 heteroatoms. The fourth-order valence-corrected chi connectivity index (χ4v) is 2.11. The van der Waals surface area contributed by atoms with Gasteiger partial charge in [0.15, 0.2) is 0 Å². The van der Waals surface area contributed by atoms with Crippen LogP contribution in [-0.2, 0) is 6.42 Å². The van der Waals surface area contributed by atoms with Crippen molar-refractivity contribution in [2.45, 2.75) is 46.6 Å². The highest BCUT2D eigenvalue weighted by Crippen LogP contribution is 2.18. The Balaban J connectivity index is 2.77. The van der Waals surface area contributed by atoms with Crippen LogP contribution in [0.25, 0.3) is 0 Å². The molecule has 1 aromatic rings. The van der Waals surface area contributed by atoms with Crippen LogP contribution in [0.3, 0.4) is 0 Å². The van der Waals surface area contributed by atoms with Crippen molar-refractivity contribution in [3.8, 4) is 0 Å². The molecule has 1 aromatic carbocycles. The van der Waals surface area contributed by atoms with E-state index in [1.165, 1.54) is 35.1 Å². The molecule has 0 saturated heterocycles. The van der Waals surface area contributed by atoms with E-state index in [4.69, 9.17) is 0 Å². The van der Waals surface area contributed by atoms with Crippen LogP contribution in [0.2, 0.25) is 0 Å². The molecule has 0 amide bonds. The van der Waals surface area contributed by atoms with Crippen molar-refractivity contribution < 1.29 is 0 Å². The van der Waals surface area contributed by atoms with Gasteiger partial charge in [-0.05, 0) is 64.3 Å². The van der Waals surface area contributed by atoms with Crippen molar-refractivity contribution in [1.82, 2.24) is 5.32 Å². The van der Waals surface area contributed by atoms with Crippen LogP contribution in [-0.4, -0.2) is 13.1 Å². The van der Waals surface area contributed by atoms with E-state index in [0.29, 0.717) is 6.04 Å². The Bertz CT molecular complexity index is 305. The molecule has 84 valence electrons. The Morgan fingerprint density at radius 3 is 2.13 bits per heavy atom. The Kier molecular flexibility index (Phi) is 4.34. The quantitative estimate of drug-likeness (QED) is 0.796. The van der Waals surface area contributed by atoms with Crippen LogP contribution in [0.1, 0.15) is 35.6 Å². The first-order chi connectivity index (χ1) is 7.04. The summed E-state index contributed by atoms with van der Waals surface area (Å²) < 4.78 is 0. The lowest BCUT2D eigenvalue weighted by Crippen LogP contribution is -2.21. The van der Waals surface area contributed by atoms with Gasteiger partial charge >= 0.3 is 0 Å². The van der Waals surface area contributed by atoms with Gasteiger partial charge in [0.05, 0.1) is 0 Å². The third kappa shape index (κ3) is 3.35. The van der Waals surface area contributed by atoms with Crippen LogP contribution in [0.5, 0.6) is 0 Å². The molecule has 0 heterocycles. The lowest BCUT2D eigenvalue weighted by molar-refractivity contribution is 0.564. The highest BCUT2D eigenvalue weighted by Gasteiger charge is 2.05. The van der Waals surface area contributed by atoms with Gasteiger partial charge in [-0.2, -0.15) is 0 Å². The second-order valence-corrected chi connectivity index (χ2v) is 4.61. The molecular formula is C14H23N. The van der Waals surface area contributed by atoms with E-state index < -0.39 is 0 Å². The SMILES string of the molecule is CNC(C)CCc1c(C)cc(C)cc1C. The van der Waals surface area contributed by atoms with Gasteiger partial charge in [0.2, 0.25) is 0 Å². The van der Waals surface area contributed by atoms with E-state index in [0.717, 1.165) is 0 Å². The Morgan fingerprint density at radius 2 is 1.67 bits per heavy atom. The largest absolute Gasteiger partial charge is 0.317 e. The molecule has 1 nitrogen and oxygen atoms in total. The summed E-state index contributed by atoms with van der Waals surface area (Å²) in [7, 11) is 2.03. The molecule has 0 aliphatic rings. The minimum atomic E-state index is 0.602. The van der Waals surface area contributed by atoms with Gasteiger partial charge in [0.25, 0.3) is 0 Å². The summed E-state index contributed by atoms with van der Waals surface area (Å²) in [5.74, 6) is 0. The molecule has 15 heavy (non-hydrogen) atoms. The molecule has 0 radical (unpaired) electrons. The minimum absolute atomic E-state index is 0.602. The maximum Gasteiger partial charge on any atom is 0.00388 e. The third-order valence-corrected chi connectivity index (χ3v) is 3.16. The number of aryl methyl sites for hydroxylation is 3. The van der Waals surface area contributed by atoms with Gasteiger partial charge < -0.3 is 5.32 Å². The summed E-state index contributed by atoms with van der Waals surface area (Å²) in [5.41, 5.74) is 5.78. The summed E-state index contributed by atoms with van der Waals surface area (Å²) in [5, 5.41) is 3.29. The standard InChI is InChI=1S/C14H23N/c1-10-8-11(2)14(12(3)9-10)7-6-13(4)15-5/h8-9,13,15H,6-7H2,1-5H3. The van der Waals surface area contributed by atoms with Crippen molar-refractivity contribution in [3.63, 3.8) is 0 Å². The number of benzene rings is 1. The highest BCUT2D eigenvalue weighted by molar-refractivity contribution is 5.37. The molecule has 0 aromatic heterocycles. The Labute approximate surface area is 93.9 Å². The predicted molar refractivity (Wildman–Crippen MR) is 67.5 cm³/mol. The zero-order chi connectivity index (χ0) is 11.4. The second kappa shape index (κ2) is 5.32. The summed E-state index contributed by atoms with van der Waals surface area (Å²) >= 11 is 0. The molecular weight excluding hydrogens is 182 g/mol. The zero-order valence-corrected chi connectivity index (χ0v) is 10.6. The van der Waals surface area contributed by atoms with Gasteiger partial charge in [-0.1, -0.05) is 17.7 Å². The first-order valence-electron chi connectivity index (χ1n) is 5.78. The maximum atomic E-state index is 3.29. The van der Waals surface area contributed by atoms with Gasteiger partial charge in [-0.3, -0.25) is 0 Å². The first-order valence-corrected chi connectivity index (χ1v) is 5.78. The number of hydrogen-bond donors (Lipinski definition) is 1. The van der Waals surface area contributed by atoms with Crippen LogP contribution >= 0.6 is 0 Å². The van der Waals surface area contributed by atoms with E-state index in [9.17, 15) is 0 Å². The normalized spacial score (nSPS) is 12.9. The van der Waals surface area contributed by atoms with Crippen LogP contribution < -0.4 is 5.32 Å². The minimum Gasteiger partial charge on any atom is -0.317 e. The smallest absolute Gasteiger partial charge is 0.00388 e. The molecule has 1 rings (SSSR count). The van der Waals surface area contributed by atoms with Crippen molar-refractivity contribution >= 4 is 0 Å². The van der Waals surface area contributed by atoms with E-state index in [2.05, 4.69) is 45.1 Å². The lowest BCUT2D eigenvalue weighted by atomic mass is 9.95. The van der Waals surface area contributed by atoms with Crippen molar-refractivity contribution in [3.05, 3.63) is 34.4 Å². The molecule has 1 atom stereocenters. The van der Waals surface area contributed by atoms with Gasteiger partial charge in [-0.15, -0.1) is 0 Å². The fourth-order valence-electron chi connectivity index (χ4n) is 2.11. The molecule has 0 bridgehead atoms. The van der Waals surface area contributed by atoms with Crippen molar-refractivity contribution in [2.24, 2.45) is 0 Å². The average molecular weight is 205 g/mol. The molecule has 1 unspecified atom stereocenters. The van der Waals surface area contributed by atoms with Crippen LogP contribution in [0.15, 0.2) is 12.1 Å². The number of hydrogen-bond acceptors (Lipinski definition) is 1. The average Bonchev–Trinajstić information content (AvgIpc) is 2.15. The van der Waals surface area contributed by atoms with Gasteiger partial charge in [0.1, 0.15) is 0 Å². The van der Waals surface area contributed by atoms with Crippen molar-refractivity contribution in [1.29, 1.82) is 0 Å². The van der Waals surface area contributed by atoms with Crippen LogP contribution in [0, 0.1) is 20.8 Å². The van der Waals surface area contributed by atoms with Gasteiger partial charge in [0, 0.05) is 6.04 Å². The third-order valence-electron chi connectivity index (χ3n) is 3.16. The van der Waals surface area contributed by atoms with E-state index >= 15 is 0 Å². The summed E-state index contributed by atoms with van der Waals surface area (Å²) in [4.78, 5) is 0. The van der Waals surface area contributed by atoms with Crippen LogP contribution in [0.4, 0.5) is 0 Å². The zero-order valence-electron chi connectivity index (χ0n) is 10.6. The molecule has 0 spiro atoms. The van der Waals surface area contributed by atoms with Gasteiger partial charge in [-0.25, -0.2) is 0 Å². The van der Waals surface area contributed by atoms with E-state index in [1.807, 2.05) is 7.05 Å². The molecule has 1 N–H and O–H groups in total. The fraction of sp³-hybridized carbons (Fsp3) is 0.571. The van der Waals surface area contributed by atoms with E-state index in [-0.39, 0.29) is 0 Å². The first kappa shape index (κ1) is 12.3. The molecule has 0 fully saturated rings. The number of rotatable bonds is 4. The summed E-state index contributed by atoms with van der Waals surface area (Å²) in [6.45, 7) is 8.84. The lowest BCUT2D eigenvalue weighted by Gasteiger charge is -2.14. The Hall–Kier alpha value is -0.820.